The molecule has 0 fully saturated rings. The SMILES string of the molecule is O=C(O)COC(=O)COc1cc2c(c(Cl)c1Cl)C1=CC(=O)CCC1(Cc1ccccc1)C2. The Labute approximate surface area is 194 Å². The van der Waals surface area contributed by atoms with Crippen LogP contribution in [0.2, 0.25) is 10.0 Å². The summed E-state index contributed by atoms with van der Waals surface area (Å²) < 4.78 is 10.1. The summed E-state index contributed by atoms with van der Waals surface area (Å²) in [5, 5.41) is 9.00. The number of ketones is 1. The summed E-state index contributed by atoms with van der Waals surface area (Å²) >= 11 is 13.1. The zero-order chi connectivity index (χ0) is 22.9. The molecule has 0 bridgehead atoms. The van der Waals surface area contributed by atoms with E-state index < -0.39 is 25.2 Å². The van der Waals surface area contributed by atoms with Crippen LogP contribution in [0.4, 0.5) is 0 Å². The topological polar surface area (TPSA) is 89.9 Å². The van der Waals surface area contributed by atoms with Crippen molar-refractivity contribution < 1.29 is 29.0 Å². The quantitative estimate of drug-likeness (QED) is 0.592. The second kappa shape index (κ2) is 8.96. The molecule has 2 aromatic carbocycles. The first-order valence-corrected chi connectivity index (χ1v) is 10.8. The predicted molar refractivity (Wildman–Crippen MR) is 119 cm³/mol. The predicted octanol–water partition coefficient (Wildman–Crippen LogP) is 4.53. The molecule has 1 N–H and O–H groups in total. The van der Waals surface area contributed by atoms with Crippen molar-refractivity contribution in [3.8, 4) is 5.75 Å². The molecule has 1 atom stereocenters. The Bertz CT molecular complexity index is 1130. The van der Waals surface area contributed by atoms with Gasteiger partial charge in [0.15, 0.2) is 19.0 Å². The number of halogens is 2. The van der Waals surface area contributed by atoms with Crippen LogP contribution in [-0.4, -0.2) is 36.0 Å². The summed E-state index contributed by atoms with van der Waals surface area (Å²) in [4.78, 5) is 34.5. The molecule has 2 aromatic rings. The van der Waals surface area contributed by atoms with E-state index in [1.807, 2.05) is 18.2 Å². The molecule has 166 valence electrons. The molecule has 0 saturated heterocycles. The molecule has 6 nitrogen and oxygen atoms in total. The minimum Gasteiger partial charge on any atom is -0.480 e. The van der Waals surface area contributed by atoms with Gasteiger partial charge < -0.3 is 14.6 Å². The molecule has 2 aliphatic carbocycles. The molecule has 2 aliphatic rings. The molecule has 1 unspecified atom stereocenters. The van der Waals surface area contributed by atoms with E-state index in [9.17, 15) is 14.4 Å². The highest BCUT2D eigenvalue weighted by Crippen LogP contribution is 2.57. The molecule has 0 aromatic heterocycles. The summed E-state index contributed by atoms with van der Waals surface area (Å²) in [6.45, 7) is -1.25. The Hall–Kier alpha value is -2.83. The van der Waals surface area contributed by atoms with Gasteiger partial charge in [0, 0.05) is 17.4 Å². The van der Waals surface area contributed by atoms with Crippen molar-refractivity contribution in [2.75, 3.05) is 13.2 Å². The fourth-order valence-corrected chi connectivity index (χ4v) is 5.03. The molecule has 8 heteroatoms. The first-order chi connectivity index (χ1) is 15.3. The number of hydrogen-bond donors (Lipinski definition) is 1. The maximum Gasteiger partial charge on any atom is 0.344 e. The second-order valence-electron chi connectivity index (χ2n) is 8.02. The number of allylic oxidation sites excluding steroid dienone is 2. The number of carbonyl (C=O) groups is 3. The van der Waals surface area contributed by atoms with Crippen LogP contribution in [0.1, 0.15) is 29.5 Å². The Morgan fingerprint density at radius 3 is 2.56 bits per heavy atom. The smallest absolute Gasteiger partial charge is 0.344 e. The number of fused-ring (bicyclic) bond motifs is 3. The standard InChI is InChI=1S/C24H20Cl2O6/c25-22-18(31-13-20(30)32-12-19(28)29)8-15-11-24(10-14-4-2-1-3-5-14)7-6-16(27)9-17(24)21(15)23(22)26/h1-5,8-9H,6-7,10-13H2,(H,28,29). The number of carbonyl (C=O) groups excluding carboxylic acids is 2. The van der Waals surface area contributed by atoms with Crippen molar-refractivity contribution in [3.63, 3.8) is 0 Å². The molecule has 0 amide bonds. The van der Waals surface area contributed by atoms with E-state index in [2.05, 4.69) is 16.9 Å². The average molecular weight is 475 g/mol. The number of benzene rings is 2. The van der Waals surface area contributed by atoms with E-state index in [0.29, 0.717) is 19.3 Å². The molecule has 0 saturated carbocycles. The van der Waals surface area contributed by atoms with Gasteiger partial charge in [-0.05, 0) is 48.1 Å². The fraction of sp³-hybridized carbons (Fsp3) is 0.292. The van der Waals surface area contributed by atoms with Crippen molar-refractivity contribution in [3.05, 3.63) is 69.2 Å². The van der Waals surface area contributed by atoms with Gasteiger partial charge in [0.25, 0.3) is 0 Å². The number of carboxylic acids is 1. The number of carboxylic acid groups (broad SMARTS) is 1. The van der Waals surface area contributed by atoms with Gasteiger partial charge in [-0.1, -0.05) is 53.5 Å². The lowest BCUT2D eigenvalue weighted by Crippen LogP contribution is -2.28. The lowest BCUT2D eigenvalue weighted by atomic mass is 9.69. The summed E-state index contributed by atoms with van der Waals surface area (Å²) in [5.41, 5.74) is 3.43. The zero-order valence-corrected chi connectivity index (χ0v) is 18.5. The third-order valence-electron chi connectivity index (χ3n) is 5.87. The minimum absolute atomic E-state index is 0.0604. The van der Waals surface area contributed by atoms with Gasteiger partial charge in [-0.25, -0.2) is 9.59 Å². The van der Waals surface area contributed by atoms with Crippen molar-refractivity contribution in [2.45, 2.75) is 25.7 Å². The average Bonchev–Trinajstić information content (AvgIpc) is 3.07. The van der Waals surface area contributed by atoms with E-state index in [4.69, 9.17) is 33.0 Å². The highest BCUT2D eigenvalue weighted by molar-refractivity contribution is 6.44. The van der Waals surface area contributed by atoms with Gasteiger partial charge in [-0.15, -0.1) is 0 Å². The van der Waals surface area contributed by atoms with Crippen molar-refractivity contribution >= 4 is 46.5 Å². The van der Waals surface area contributed by atoms with Gasteiger partial charge in [0.2, 0.25) is 0 Å². The van der Waals surface area contributed by atoms with Crippen LogP contribution in [0, 0.1) is 5.41 Å². The molecule has 0 radical (unpaired) electrons. The van der Waals surface area contributed by atoms with Crippen molar-refractivity contribution in [1.82, 2.24) is 0 Å². The van der Waals surface area contributed by atoms with E-state index >= 15 is 0 Å². The van der Waals surface area contributed by atoms with Gasteiger partial charge in [-0.2, -0.15) is 0 Å². The van der Waals surface area contributed by atoms with Crippen LogP contribution in [0.25, 0.3) is 5.57 Å². The monoisotopic (exact) mass is 474 g/mol. The summed E-state index contributed by atoms with van der Waals surface area (Å²) in [7, 11) is 0. The maximum absolute atomic E-state index is 12.3. The summed E-state index contributed by atoms with van der Waals surface area (Å²) in [5.74, 6) is -1.82. The van der Waals surface area contributed by atoms with Crippen molar-refractivity contribution in [1.29, 1.82) is 0 Å². The van der Waals surface area contributed by atoms with Crippen LogP contribution >= 0.6 is 23.2 Å². The molecular formula is C24H20Cl2O6. The highest BCUT2D eigenvalue weighted by atomic mass is 35.5. The minimum atomic E-state index is -1.26. The third kappa shape index (κ3) is 4.38. The van der Waals surface area contributed by atoms with Crippen LogP contribution in [0.15, 0.2) is 42.5 Å². The van der Waals surface area contributed by atoms with E-state index in [0.717, 1.165) is 23.1 Å². The molecule has 32 heavy (non-hydrogen) atoms. The van der Waals surface area contributed by atoms with E-state index in [1.165, 1.54) is 5.56 Å². The molecule has 4 rings (SSSR count). The van der Waals surface area contributed by atoms with Gasteiger partial charge in [-0.3, -0.25) is 4.79 Å². The Morgan fingerprint density at radius 2 is 1.84 bits per heavy atom. The van der Waals surface area contributed by atoms with E-state index in [-0.39, 0.29) is 27.0 Å². The molecule has 0 spiro atoms. The first-order valence-electron chi connectivity index (χ1n) is 10.1. The Balaban J connectivity index is 1.64. The maximum atomic E-state index is 12.3. The summed E-state index contributed by atoms with van der Waals surface area (Å²) in [6, 6.07) is 11.8. The van der Waals surface area contributed by atoms with Crippen molar-refractivity contribution in [2.24, 2.45) is 5.41 Å². The third-order valence-corrected chi connectivity index (χ3v) is 6.72. The van der Waals surface area contributed by atoms with E-state index in [1.54, 1.807) is 12.1 Å². The second-order valence-corrected chi connectivity index (χ2v) is 8.78. The van der Waals surface area contributed by atoms with Crippen LogP contribution in [0.5, 0.6) is 5.75 Å². The fourth-order valence-electron chi connectivity index (χ4n) is 4.51. The van der Waals surface area contributed by atoms with Crippen LogP contribution in [-0.2, 0) is 32.0 Å². The normalized spacial score (nSPS) is 19.1. The number of ether oxygens (including phenoxy) is 2. The molecular weight excluding hydrogens is 455 g/mol. The molecule has 0 aliphatic heterocycles. The first kappa shape index (κ1) is 22.4. The number of rotatable bonds is 7. The summed E-state index contributed by atoms with van der Waals surface area (Å²) in [6.07, 6.45) is 4.27. The number of aliphatic carboxylic acids is 1. The zero-order valence-electron chi connectivity index (χ0n) is 17.0. The van der Waals surface area contributed by atoms with Crippen LogP contribution < -0.4 is 4.74 Å². The highest BCUT2D eigenvalue weighted by Gasteiger charge is 2.46. The largest absolute Gasteiger partial charge is 0.480 e. The lowest BCUT2D eigenvalue weighted by molar-refractivity contribution is -0.156. The van der Waals surface area contributed by atoms with Gasteiger partial charge in [0.05, 0.1) is 5.02 Å². The van der Waals surface area contributed by atoms with Gasteiger partial charge in [0.1, 0.15) is 10.8 Å². The Morgan fingerprint density at radius 1 is 1.09 bits per heavy atom. The number of hydrogen-bond acceptors (Lipinski definition) is 5. The lowest BCUT2D eigenvalue weighted by Gasteiger charge is -2.34. The molecule has 0 heterocycles. The van der Waals surface area contributed by atoms with Crippen LogP contribution in [0.3, 0.4) is 0 Å². The van der Waals surface area contributed by atoms with Gasteiger partial charge >= 0.3 is 11.9 Å². The number of esters is 1. The Kier molecular flexibility index (Phi) is 6.26.